The predicted octanol–water partition coefficient (Wildman–Crippen LogP) is 4.91. The van der Waals surface area contributed by atoms with Crippen molar-refractivity contribution in [1.82, 2.24) is 5.32 Å². The van der Waals surface area contributed by atoms with Gasteiger partial charge in [-0.1, -0.05) is 43.3 Å². The third kappa shape index (κ3) is 4.27. The summed E-state index contributed by atoms with van der Waals surface area (Å²) in [7, 11) is 0. The van der Waals surface area contributed by atoms with Gasteiger partial charge in [0.15, 0.2) is 6.10 Å². The maximum Gasteiger partial charge on any atom is 0.261 e. The summed E-state index contributed by atoms with van der Waals surface area (Å²) >= 11 is 0. The molecule has 0 aliphatic heterocycles. The van der Waals surface area contributed by atoms with Crippen molar-refractivity contribution in [3.63, 3.8) is 0 Å². The molecule has 1 aliphatic carbocycles. The van der Waals surface area contributed by atoms with Crippen LogP contribution in [0.5, 0.6) is 5.75 Å². The van der Waals surface area contributed by atoms with Gasteiger partial charge in [-0.15, -0.1) is 0 Å². The number of para-hydroxylation sites is 1. The molecule has 0 unspecified atom stereocenters. The Morgan fingerprint density at radius 3 is 2.58 bits per heavy atom. The fourth-order valence-corrected chi connectivity index (χ4v) is 3.58. The Labute approximate surface area is 156 Å². The lowest BCUT2D eigenvalue weighted by atomic mass is 9.89. The molecule has 0 saturated carbocycles. The monoisotopic (exact) mass is 351 g/mol. The first-order chi connectivity index (χ1) is 12.6. The molecule has 0 aromatic heterocycles. The third-order valence-corrected chi connectivity index (χ3v) is 5.26. The van der Waals surface area contributed by atoms with Gasteiger partial charge in [0.2, 0.25) is 0 Å². The quantitative estimate of drug-likeness (QED) is 0.803. The zero-order valence-corrected chi connectivity index (χ0v) is 16.0. The second-order valence-electron chi connectivity index (χ2n) is 7.25. The first-order valence-corrected chi connectivity index (χ1v) is 9.73. The largest absolute Gasteiger partial charge is 0.480 e. The van der Waals surface area contributed by atoms with E-state index in [4.69, 9.17) is 4.74 Å². The molecule has 2 atom stereocenters. The molecule has 0 spiro atoms. The molecule has 26 heavy (non-hydrogen) atoms. The molecule has 0 radical (unpaired) electrons. The van der Waals surface area contributed by atoms with Gasteiger partial charge in [-0.2, -0.15) is 0 Å². The van der Waals surface area contributed by atoms with Crippen molar-refractivity contribution in [3.05, 3.63) is 64.7 Å². The molecule has 2 aromatic rings. The summed E-state index contributed by atoms with van der Waals surface area (Å²) < 4.78 is 5.97. The fraction of sp³-hybridized carbons (Fsp3) is 0.435. The Kier molecular flexibility index (Phi) is 5.97. The summed E-state index contributed by atoms with van der Waals surface area (Å²) in [6.45, 7) is 6.02. The van der Waals surface area contributed by atoms with Crippen LogP contribution in [0.1, 0.15) is 61.4 Å². The van der Waals surface area contributed by atoms with Gasteiger partial charge >= 0.3 is 0 Å². The Morgan fingerprint density at radius 1 is 1.12 bits per heavy atom. The lowest BCUT2D eigenvalue weighted by molar-refractivity contribution is -0.128. The summed E-state index contributed by atoms with van der Waals surface area (Å²) in [6.07, 6.45) is 5.04. The van der Waals surface area contributed by atoms with E-state index >= 15 is 0 Å². The van der Waals surface area contributed by atoms with Gasteiger partial charge in [-0.25, -0.2) is 0 Å². The molecular formula is C23H29NO2. The highest BCUT2D eigenvalue weighted by atomic mass is 16.5. The molecule has 3 heteroatoms. The summed E-state index contributed by atoms with van der Waals surface area (Å²) in [5.74, 6) is 0.719. The van der Waals surface area contributed by atoms with Crippen LogP contribution in [0.2, 0.25) is 0 Å². The molecule has 3 rings (SSSR count). The van der Waals surface area contributed by atoms with Gasteiger partial charge in [-0.05, 0) is 74.3 Å². The van der Waals surface area contributed by atoms with E-state index in [1.165, 1.54) is 36.0 Å². The lowest BCUT2D eigenvalue weighted by Crippen LogP contribution is -2.39. The lowest BCUT2D eigenvalue weighted by Gasteiger charge is -2.23. The normalized spacial score (nSPS) is 15.7. The van der Waals surface area contributed by atoms with Crippen LogP contribution in [0.25, 0.3) is 0 Å². The number of aryl methyl sites for hydroxylation is 3. The van der Waals surface area contributed by atoms with Crippen LogP contribution in [0, 0.1) is 6.92 Å². The number of carbonyl (C=O) groups is 1. The number of benzene rings is 2. The van der Waals surface area contributed by atoms with Crippen molar-refractivity contribution in [3.8, 4) is 5.75 Å². The van der Waals surface area contributed by atoms with Crippen LogP contribution >= 0.6 is 0 Å². The van der Waals surface area contributed by atoms with Crippen molar-refractivity contribution in [1.29, 1.82) is 0 Å². The van der Waals surface area contributed by atoms with Gasteiger partial charge < -0.3 is 10.1 Å². The molecule has 3 nitrogen and oxygen atoms in total. The second kappa shape index (κ2) is 8.39. The topological polar surface area (TPSA) is 38.3 Å². The van der Waals surface area contributed by atoms with E-state index in [0.29, 0.717) is 6.42 Å². The standard InChI is InChI=1S/C23H29NO2/c1-4-21(26-22-12-8-5-9-16(22)2)23(25)24-17(3)19-14-13-18-10-6-7-11-20(18)15-19/h5,8-9,12-15,17,21H,4,6-7,10-11H2,1-3H3,(H,24,25)/t17-,21-/m0/s1. The van der Waals surface area contributed by atoms with Crippen LogP contribution in [0.15, 0.2) is 42.5 Å². The highest BCUT2D eigenvalue weighted by molar-refractivity contribution is 5.81. The van der Waals surface area contributed by atoms with Gasteiger partial charge in [0.05, 0.1) is 6.04 Å². The van der Waals surface area contributed by atoms with E-state index in [-0.39, 0.29) is 11.9 Å². The summed E-state index contributed by atoms with van der Waals surface area (Å²) in [5.41, 5.74) is 5.12. The molecule has 0 heterocycles. The average Bonchev–Trinajstić information content (AvgIpc) is 2.66. The van der Waals surface area contributed by atoms with E-state index in [2.05, 4.69) is 23.5 Å². The highest BCUT2D eigenvalue weighted by Gasteiger charge is 2.22. The molecule has 1 amide bonds. The molecule has 0 saturated heterocycles. The number of amides is 1. The molecular weight excluding hydrogens is 322 g/mol. The first-order valence-electron chi connectivity index (χ1n) is 9.73. The van der Waals surface area contributed by atoms with Crippen LogP contribution < -0.4 is 10.1 Å². The van der Waals surface area contributed by atoms with Crippen LogP contribution in [-0.4, -0.2) is 12.0 Å². The minimum absolute atomic E-state index is 0.0238. The number of hydrogen-bond donors (Lipinski definition) is 1. The van der Waals surface area contributed by atoms with E-state index in [1.54, 1.807) is 0 Å². The Balaban J connectivity index is 1.66. The molecule has 138 valence electrons. The van der Waals surface area contributed by atoms with Crippen LogP contribution in [-0.2, 0) is 17.6 Å². The van der Waals surface area contributed by atoms with Gasteiger partial charge in [-0.3, -0.25) is 4.79 Å². The van der Waals surface area contributed by atoms with Gasteiger partial charge in [0, 0.05) is 0 Å². The smallest absolute Gasteiger partial charge is 0.261 e. The Hall–Kier alpha value is -2.29. The number of rotatable bonds is 6. The van der Waals surface area contributed by atoms with E-state index in [0.717, 1.165) is 17.7 Å². The number of ether oxygens (including phenoxy) is 1. The molecule has 2 aromatic carbocycles. The van der Waals surface area contributed by atoms with Crippen LogP contribution in [0.3, 0.4) is 0 Å². The Morgan fingerprint density at radius 2 is 1.85 bits per heavy atom. The summed E-state index contributed by atoms with van der Waals surface area (Å²) in [6, 6.07) is 14.4. The van der Waals surface area contributed by atoms with Crippen molar-refractivity contribution in [2.45, 2.75) is 65.0 Å². The molecule has 0 bridgehead atoms. The minimum atomic E-state index is -0.476. The van der Waals surface area contributed by atoms with Crippen molar-refractivity contribution < 1.29 is 9.53 Å². The molecule has 1 aliphatic rings. The average molecular weight is 351 g/mol. The Bertz CT molecular complexity index is 769. The molecule has 0 fully saturated rings. The zero-order chi connectivity index (χ0) is 18.5. The van der Waals surface area contributed by atoms with Crippen molar-refractivity contribution in [2.75, 3.05) is 0 Å². The molecule has 1 N–H and O–H groups in total. The number of fused-ring (bicyclic) bond motifs is 1. The van der Waals surface area contributed by atoms with E-state index in [9.17, 15) is 4.79 Å². The summed E-state index contributed by atoms with van der Waals surface area (Å²) in [4.78, 5) is 12.7. The second-order valence-corrected chi connectivity index (χ2v) is 7.25. The number of carbonyl (C=O) groups excluding carboxylic acids is 1. The SMILES string of the molecule is CC[C@H](Oc1ccccc1C)C(=O)N[C@@H](C)c1ccc2c(c1)CCCC2. The zero-order valence-electron chi connectivity index (χ0n) is 16.0. The van der Waals surface area contributed by atoms with E-state index in [1.807, 2.05) is 45.0 Å². The minimum Gasteiger partial charge on any atom is -0.480 e. The van der Waals surface area contributed by atoms with Gasteiger partial charge in [0.1, 0.15) is 5.75 Å². The van der Waals surface area contributed by atoms with Crippen molar-refractivity contribution >= 4 is 5.91 Å². The van der Waals surface area contributed by atoms with Crippen molar-refractivity contribution in [2.24, 2.45) is 0 Å². The fourth-order valence-electron chi connectivity index (χ4n) is 3.58. The predicted molar refractivity (Wildman–Crippen MR) is 106 cm³/mol. The van der Waals surface area contributed by atoms with Crippen LogP contribution in [0.4, 0.5) is 0 Å². The number of hydrogen-bond acceptors (Lipinski definition) is 2. The highest BCUT2D eigenvalue weighted by Crippen LogP contribution is 2.25. The van der Waals surface area contributed by atoms with E-state index < -0.39 is 6.10 Å². The summed E-state index contributed by atoms with van der Waals surface area (Å²) in [5, 5.41) is 3.13. The maximum absolute atomic E-state index is 12.7. The number of nitrogens with one attached hydrogen (secondary N) is 1. The maximum atomic E-state index is 12.7. The third-order valence-electron chi connectivity index (χ3n) is 5.26. The van der Waals surface area contributed by atoms with Gasteiger partial charge in [0.25, 0.3) is 5.91 Å². The first kappa shape index (κ1) is 18.5.